The molecule has 0 aromatic carbocycles. The van der Waals surface area contributed by atoms with Gasteiger partial charge in [-0.3, -0.25) is 0 Å². The lowest BCUT2D eigenvalue weighted by Crippen LogP contribution is -2.25. The number of hydrogen-bond donors (Lipinski definition) is 0. The van der Waals surface area contributed by atoms with E-state index >= 15 is 0 Å². The van der Waals surface area contributed by atoms with Crippen LogP contribution in [0, 0.1) is 11.2 Å². The Morgan fingerprint density at radius 3 is 2.82 bits per heavy atom. The summed E-state index contributed by atoms with van der Waals surface area (Å²) in [5.41, 5.74) is 0.211. The van der Waals surface area contributed by atoms with E-state index in [0.717, 1.165) is 19.5 Å². The lowest BCUT2D eigenvalue weighted by molar-refractivity contribution is 0.306. The van der Waals surface area contributed by atoms with Crippen LogP contribution in [-0.4, -0.2) is 29.7 Å². The van der Waals surface area contributed by atoms with Crippen LogP contribution in [0.1, 0.15) is 27.2 Å². The third kappa shape index (κ3) is 2.48. The van der Waals surface area contributed by atoms with Gasteiger partial charge in [0.05, 0.1) is 6.61 Å². The van der Waals surface area contributed by atoms with Crippen molar-refractivity contribution in [2.75, 3.05) is 24.6 Å². The molecule has 1 aromatic rings. The van der Waals surface area contributed by atoms with E-state index in [-0.39, 0.29) is 11.3 Å². The Balaban J connectivity index is 2.24. The van der Waals surface area contributed by atoms with Crippen LogP contribution < -0.4 is 9.64 Å². The van der Waals surface area contributed by atoms with E-state index in [9.17, 15) is 4.39 Å². The molecule has 0 bridgehead atoms. The van der Waals surface area contributed by atoms with E-state index in [1.807, 2.05) is 4.90 Å². The summed E-state index contributed by atoms with van der Waals surface area (Å²) in [5, 5.41) is 0. The van der Waals surface area contributed by atoms with E-state index in [4.69, 9.17) is 4.74 Å². The summed E-state index contributed by atoms with van der Waals surface area (Å²) in [6.07, 6.45) is 2.40. The normalized spacial score (nSPS) is 18.5. The van der Waals surface area contributed by atoms with Crippen molar-refractivity contribution in [1.82, 2.24) is 9.97 Å². The number of halogens is 1. The van der Waals surface area contributed by atoms with Gasteiger partial charge in [-0.15, -0.1) is 0 Å². The highest BCUT2D eigenvalue weighted by Gasteiger charge is 2.32. The van der Waals surface area contributed by atoms with Crippen LogP contribution in [-0.2, 0) is 0 Å². The molecule has 0 N–H and O–H groups in total. The molecule has 2 heterocycles. The van der Waals surface area contributed by atoms with Gasteiger partial charge in [0.2, 0.25) is 5.82 Å². The van der Waals surface area contributed by atoms with Gasteiger partial charge >= 0.3 is 0 Å². The first-order valence-electron chi connectivity index (χ1n) is 5.92. The minimum absolute atomic E-state index is 0.0437. The number of hydrogen-bond acceptors (Lipinski definition) is 4. The number of anilines is 1. The van der Waals surface area contributed by atoms with Crippen LogP contribution in [0.3, 0.4) is 0 Å². The van der Waals surface area contributed by atoms with Crippen molar-refractivity contribution in [3.05, 3.63) is 12.1 Å². The molecule has 1 fully saturated rings. The van der Waals surface area contributed by atoms with Gasteiger partial charge in [0.1, 0.15) is 6.33 Å². The molecule has 0 unspecified atom stereocenters. The van der Waals surface area contributed by atoms with Crippen molar-refractivity contribution in [2.45, 2.75) is 27.2 Å². The zero-order valence-electron chi connectivity index (χ0n) is 10.5. The van der Waals surface area contributed by atoms with Crippen LogP contribution in [0.15, 0.2) is 6.33 Å². The fourth-order valence-electron chi connectivity index (χ4n) is 2.10. The zero-order valence-corrected chi connectivity index (χ0v) is 10.5. The Labute approximate surface area is 101 Å². The maximum atomic E-state index is 14.1. The van der Waals surface area contributed by atoms with Crippen LogP contribution in [0.4, 0.5) is 10.2 Å². The van der Waals surface area contributed by atoms with E-state index in [2.05, 4.69) is 23.8 Å². The second-order valence-corrected chi connectivity index (χ2v) is 5.09. The van der Waals surface area contributed by atoms with E-state index in [0.29, 0.717) is 12.4 Å². The SMILES string of the molecule is CCOc1ncnc(N2CCC(C)(C)C2)c1F. The van der Waals surface area contributed by atoms with Gasteiger partial charge in [0, 0.05) is 13.1 Å². The van der Waals surface area contributed by atoms with Gasteiger partial charge in [-0.1, -0.05) is 13.8 Å². The molecule has 5 heteroatoms. The third-order valence-corrected chi connectivity index (χ3v) is 3.00. The topological polar surface area (TPSA) is 38.3 Å². The van der Waals surface area contributed by atoms with Crippen molar-refractivity contribution in [2.24, 2.45) is 5.41 Å². The van der Waals surface area contributed by atoms with Crippen LogP contribution in [0.25, 0.3) is 0 Å². The monoisotopic (exact) mass is 239 g/mol. The van der Waals surface area contributed by atoms with E-state index < -0.39 is 5.82 Å². The van der Waals surface area contributed by atoms with Crippen molar-refractivity contribution < 1.29 is 9.13 Å². The van der Waals surface area contributed by atoms with Gasteiger partial charge in [-0.2, -0.15) is 9.37 Å². The number of rotatable bonds is 3. The molecule has 0 aliphatic carbocycles. The summed E-state index contributed by atoms with van der Waals surface area (Å²) in [7, 11) is 0. The van der Waals surface area contributed by atoms with Crippen molar-refractivity contribution in [1.29, 1.82) is 0 Å². The molecule has 0 amide bonds. The summed E-state index contributed by atoms with van der Waals surface area (Å²) in [6.45, 7) is 8.20. The van der Waals surface area contributed by atoms with Crippen molar-refractivity contribution in [3.8, 4) is 5.88 Å². The zero-order chi connectivity index (χ0) is 12.5. The summed E-state index contributed by atoms with van der Waals surface area (Å²) in [4.78, 5) is 9.79. The van der Waals surface area contributed by atoms with Gasteiger partial charge in [0.15, 0.2) is 5.82 Å². The van der Waals surface area contributed by atoms with Gasteiger partial charge in [0.25, 0.3) is 5.88 Å². The maximum absolute atomic E-state index is 14.1. The predicted octanol–water partition coefficient (Wildman–Crippen LogP) is 2.25. The fraction of sp³-hybridized carbons (Fsp3) is 0.667. The minimum Gasteiger partial charge on any atom is -0.476 e. The molecular weight excluding hydrogens is 221 g/mol. The molecule has 0 radical (unpaired) electrons. The predicted molar refractivity (Wildman–Crippen MR) is 63.8 cm³/mol. The number of nitrogens with zero attached hydrogens (tertiary/aromatic N) is 3. The Morgan fingerprint density at radius 1 is 1.47 bits per heavy atom. The molecule has 0 atom stereocenters. The highest BCUT2D eigenvalue weighted by atomic mass is 19.1. The smallest absolute Gasteiger partial charge is 0.255 e. The summed E-state index contributed by atoms with van der Waals surface area (Å²) in [6, 6.07) is 0. The molecule has 4 nitrogen and oxygen atoms in total. The fourth-order valence-corrected chi connectivity index (χ4v) is 2.10. The summed E-state index contributed by atoms with van der Waals surface area (Å²) >= 11 is 0. The molecule has 94 valence electrons. The van der Waals surface area contributed by atoms with Gasteiger partial charge < -0.3 is 9.64 Å². The minimum atomic E-state index is -0.452. The molecule has 0 spiro atoms. The quantitative estimate of drug-likeness (QED) is 0.811. The third-order valence-electron chi connectivity index (χ3n) is 3.00. The van der Waals surface area contributed by atoms with Crippen LogP contribution >= 0.6 is 0 Å². The molecule has 2 rings (SSSR count). The Kier molecular flexibility index (Phi) is 3.17. The molecule has 17 heavy (non-hydrogen) atoms. The molecule has 1 aromatic heterocycles. The summed E-state index contributed by atoms with van der Waals surface area (Å²) in [5.74, 6) is -0.0525. The molecule has 1 aliphatic heterocycles. The van der Waals surface area contributed by atoms with Crippen LogP contribution in [0.2, 0.25) is 0 Å². The molecule has 1 saturated heterocycles. The van der Waals surface area contributed by atoms with Crippen LogP contribution in [0.5, 0.6) is 5.88 Å². The maximum Gasteiger partial charge on any atom is 0.255 e. The number of aromatic nitrogens is 2. The Bertz CT molecular complexity index is 409. The van der Waals surface area contributed by atoms with Crippen molar-refractivity contribution in [3.63, 3.8) is 0 Å². The number of ether oxygens (including phenoxy) is 1. The van der Waals surface area contributed by atoms with E-state index in [1.165, 1.54) is 6.33 Å². The molecule has 1 aliphatic rings. The van der Waals surface area contributed by atoms with Gasteiger partial charge in [-0.25, -0.2) is 4.98 Å². The Morgan fingerprint density at radius 2 is 2.24 bits per heavy atom. The van der Waals surface area contributed by atoms with E-state index in [1.54, 1.807) is 6.92 Å². The largest absolute Gasteiger partial charge is 0.476 e. The lowest BCUT2D eigenvalue weighted by Gasteiger charge is -2.21. The van der Waals surface area contributed by atoms with Crippen molar-refractivity contribution >= 4 is 5.82 Å². The summed E-state index contributed by atoms with van der Waals surface area (Å²) < 4.78 is 19.2. The Hall–Kier alpha value is -1.39. The molecular formula is C12H18FN3O. The molecule has 0 saturated carbocycles. The highest BCUT2D eigenvalue weighted by Crippen LogP contribution is 2.33. The average molecular weight is 239 g/mol. The average Bonchev–Trinajstić information content (AvgIpc) is 2.62. The first-order chi connectivity index (χ1) is 8.03. The second-order valence-electron chi connectivity index (χ2n) is 5.09. The van der Waals surface area contributed by atoms with Gasteiger partial charge in [-0.05, 0) is 18.8 Å². The first kappa shape index (κ1) is 12.1. The first-order valence-corrected chi connectivity index (χ1v) is 5.92. The second kappa shape index (κ2) is 4.47. The lowest BCUT2D eigenvalue weighted by atomic mass is 9.93. The standard InChI is InChI=1S/C12H18FN3O/c1-4-17-11-9(13)10(14-8-15-11)16-6-5-12(2,3)7-16/h8H,4-7H2,1-3H3. The highest BCUT2D eigenvalue weighted by molar-refractivity contribution is 5.44.